The van der Waals surface area contributed by atoms with Crippen LogP contribution in [0.1, 0.15) is 24.1 Å². The van der Waals surface area contributed by atoms with Crippen LogP contribution >= 0.6 is 0 Å². The number of carbonyl (C=O) groups is 1. The Labute approximate surface area is 195 Å². The minimum Gasteiger partial charge on any atom is -0.465 e. The summed E-state index contributed by atoms with van der Waals surface area (Å²) in [4.78, 5) is 19.8. The van der Waals surface area contributed by atoms with Gasteiger partial charge in [-0.1, -0.05) is 36.4 Å². The van der Waals surface area contributed by atoms with E-state index < -0.39 is 24.0 Å². The molecule has 0 bridgehead atoms. The molecule has 2 atom stereocenters. The first-order chi connectivity index (χ1) is 16.4. The maximum atomic E-state index is 14.9. The van der Waals surface area contributed by atoms with Crippen LogP contribution < -0.4 is 16.0 Å². The van der Waals surface area contributed by atoms with E-state index in [0.717, 1.165) is 22.5 Å². The fraction of sp³-hybridized carbons (Fsp3) is 0.120. The van der Waals surface area contributed by atoms with Gasteiger partial charge in [-0.25, -0.2) is 14.2 Å². The summed E-state index contributed by atoms with van der Waals surface area (Å²) < 4.78 is 14.9. The van der Waals surface area contributed by atoms with Crippen molar-refractivity contribution in [2.75, 3.05) is 10.6 Å². The van der Waals surface area contributed by atoms with Crippen molar-refractivity contribution in [1.82, 2.24) is 15.3 Å². The zero-order valence-corrected chi connectivity index (χ0v) is 18.2. The van der Waals surface area contributed by atoms with E-state index in [0.29, 0.717) is 5.69 Å². The molecule has 34 heavy (non-hydrogen) atoms. The first-order valence-electron chi connectivity index (χ1n) is 10.5. The number of fused-ring (bicyclic) bond motifs is 1. The van der Waals surface area contributed by atoms with E-state index >= 15 is 0 Å². The molecule has 9 heteroatoms. The van der Waals surface area contributed by atoms with Crippen molar-refractivity contribution < 1.29 is 14.3 Å². The third-order valence-corrected chi connectivity index (χ3v) is 5.26. The second-order valence-electron chi connectivity index (χ2n) is 7.63. The number of nitriles is 1. The second-order valence-corrected chi connectivity index (χ2v) is 7.63. The number of aromatic nitrogens is 2. The van der Waals surface area contributed by atoms with Crippen LogP contribution in [0.25, 0.3) is 10.9 Å². The zero-order valence-electron chi connectivity index (χ0n) is 18.2. The van der Waals surface area contributed by atoms with E-state index in [1.165, 1.54) is 0 Å². The summed E-state index contributed by atoms with van der Waals surface area (Å²) in [7, 11) is 0. The molecule has 8 nitrogen and oxygen atoms in total. The molecule has 0 saturated carbocycles. The van der Waals surface area contributed by atoms with Gasteiger partial charge in [0.05, 0.1) is 23.2 Å². The van der Waals surface area contributed by atoms with Gasteiger partial charge in [0.2, 0.25) is 0 Å². The fourth-order valence-corrected chi connectivity index (χ4v) is 3.64. The first-order valence-corrected chi connectivity index (χ1v) is 10.5. The second kappa shape index (κ2) is 9.83. The van der Waals surface area contributed by atoms with Crippen LogP contribution in [0.4, 0.5) is 26.5 Å². The Hall–Kier alpha value is -4.71. The van der Waals surface area contributed by atoms with Crippen LogP contribution in [0.5, 0.6) is 0 Å². The Morgan fingerprint density at radius 2 is 1.88 bits per heavy atom. The molecule has 0 fully saturated rings. The van der Waals surface area contributed by atoms with Crippen molar-refractivity contribution in [2.24, 2.45) is 0 Å². The number of nitrogens with one attached hydrogen (secondary N) is 3. The molecule has 2 aromatic heterocycles. The molecule has 0 aliphatic heterocycles. The van der Waals surface area contributed by atoms with Crippen LogP contribution in [0.2, 0.25) is 0 Å². The first kappa shape index (κ1) is 22.5. The number of hydrogen-bond donors (Lipinski definition) is 4. The highest BCUT2D eigenvalue weighted by Gasteiger charge is 2.23. The van der Waals surface area contributed by atoms with Crippen molar-refractivity contribution >= 4 is 34.3 Å². The van der Waals surface area contributed by atoms with E-state index in [-0.39, 0.29) is 17.2 Å². The van der Waals surface area contributed by atoms with Gasteiger partial charge in [-0.3, -0.25) is 4.98 Å². The Bertz CT molecular complexity index is 1370. The predicted octanol–water partition coefficient (Wildman–Crippen LogP) is 5.19. The summed E-state index contributed by atoms with van der Waals surface area (Å²) in [5.41, 5.74) is 2.24. The summed E-state index contributed by atoms with van der Waals surface area (Å²) in [5.74, 6) is -0.676. The monoisotopic (exact) mass is 456 g/mol. The SMILES string of the molecule is C[C@H](NC(=O)O)[C@H](Nc1nc(Nc2ccc3ncccc3c2)c(C#N)cc1F)c1ccccc1. The van der Waals surface area contributed by atoms with E-state index in [9.17, 15) is 19.6 Å². The van der Waals surface area contributed by atoms with Gasteiger partial charge in [0, 0.05) is 17.3 Å². The molecular formula is C25H21FN6O2. The van der Waals surface area contributed by atoms with Crippen molar-refractivity contribution in [3.63, 3.8) is 0 Å². The summed E-state index contributed by atoms with van der Waals surface area (Å²) in [5, 5.41) is 28.1. The molecule has 0 aliphatic rings. The average Bonchev–Trinajstić information content (AvgIpc) is 2.84. The lowest BCUT2D eigenvalue weighted by Gasteiger charge is -2.26. The molecule has 2 aromatic carbocycles. The number of pyridine rings is 2. The predicted molar refractivity (Wildman–Crippen MR) is 127 cm³/mol. The maximum Gasteiger partial charge on any atom is 0.404 e. The Balaban J connectivity index is 1.69. The largest absolute Gasteiger partial charge is 0.465 e. The highest BCUT2D eigenvalue weighted by molar-refractivity contribution is 5.83. The molecule has 0 unspecified atom stereocenters. The van der Waals surface area contributed by atoms with E-state index in [4.69, 9.17) is 0 Å². The minimum atomic E-state index is -1.20. The van der Waals surface area contributed by atoms with E-state index in [1.54, 1.807) is 19.2 Å². The Morgan fingerprint density at radius 1 is 1.09 bits per heavy atom. The molecular weight excluding hydrogens is 435 g/mol. The highest BCUT2D eigenvalue weighted by atomic mass is 19.1. The molecule has 4 rings (SSSR count). The van der Waals surface area contributed by atoms with Crippen LogP contribution in [0.3, 0.4) is 0 Å². The van der Waals surface area contributed by atoms with Gasteiger partial charge < -0.3 is 21.1 Å². The number of carboxylic acid groups (broad SMARTS) is 1. The summed E-state index contributed by atoms with van der Waals surface area (Å²) in [6.45, 7) is 1.67. The quantitative estimate of drug-likeness (QED) is 0.302. The van der Waals surface area contributed by atoms with Crippen LogP contribution in [-0.2, 0) is 0 Å². The topological polar surface area (TPSA) is 123 Å². The molecule has 1 amide bonds. The van der Waals surface area contributed by atoms with Gasteiger partial charge in [0.15, 0.2) is 17.5 Å². The van der Waals surface area contributed by atoms with Crippen molar-refractivity contribution in [3.05, 3.63) is 89.9 Å². The molecule has 4 aromatic rings. The van der Waals surface area contributed by atoms with Gasteiger partial charge in [0.25, 0.3) is 0 Å². The number of amides is 1. The number of nitrogens with zero attached hydrogens (tertiary/aromatic N) is 3. The molecule has 0 spiro atoms. The lowest BCUT2D eigenvalue weighted by Crippen LogP contribution is -2.39. The molecule has 170 valence electrons. The summed E-state index contributed by atoms with van der Waals surface area (Å²) in [6, 6.07) is 20.1. The number of halogens is 1. The fourth-order valence-electron chi connectivity index (χ4n) is 3.64. The number of benzene rings is 2. The van der Waals surface area contributed by atoms with Gasteiger partial charge in [0.1, 0.15) is 6.07 Å². The number of rotatable bonds is 7. The van der Waals surface area contributed by atoms with Crippen molar-refractivity contribution in [1.29, 1.82) is 5.26 Å². The van der Waals surface area contributed by atoms with Crippen LogP contribution in [-0.4, -0.2) is 27.2 Å². The molecule has 2 heterocycles. The minimum absolute atomic E-state index is 0.0299. The Morgan fingerprint density at radius 3 is 2.62 bits per heavy atom. The number of hydrogen-bond acceptors (Lipinski definition) is 6. The molecule has 0 radical (unpaired) electrons. The summed E-state index contributed by atoms with van der Waals surface area (Å²) >= 11 is 0. The van der Waals surface area contributed by atoms with Gasteiger partial charge in [-0.2, -0.15) is 5.26 Å². The third-order valence-electron chi connectivity index (χ3n) is 5.26. The normalized spacial score (nSPS) is 12.4. The zero-order chi connectivity index (χ0) is 24.1. The third kappa shape index (κ3) is 5.02. The van der Waals surface area contributed by atoms with Gasteiger partial charge >= 0.3 is 6.09 Å². The molecule has 0 saturated heterocycles. The van der Waals surface area contributed by atoms with Crippen molar-refractivity contribution in [3.8, 4) is 6.07 Å². The average molecular weight is 456 g/mol. The molecule has 4 N–H and O–H groups in total. The van der Waals surface area contributed by atoms with Crippen LogP contribution in [0.15, 0.2) is 72.9 Å². The highest BCUT2D eigenvalue weighted by Crippen LogP contribution is 2.28. The summed E-state index contributed by atoms with van der Waals surface area (Å²) in [6.07, 6.45) is 0.503. The van der Waals surface area contributed by atoms with Gasteiger partial charge in [-0.15, -0.1) is 0 Å². The smallest absolute Gasteiger partial charge is 0.404 e. The van der Waals surface area contributed by atoms with Crippen molar-refractivity contribution in [2.45, 2.75) is 19.0 Å². The maximum absolute atomic E-state index is 14.9. The van der Waals surface area contributed by atoms with E-state index in [2.05, 4.69) is 25.9 Å². The Kier molecular flexibility index (Phi) is 6.50. The lowest BCUT2D eigenvalue weighted by atomic mass is 10.0. The van der Waals surface area contributed by atoms with E-state index in [1.807, 2.05) is 60.7 Å². The number of anilines is 3. The lowest BCUT2D eigenvalue weighted by molar-refractivity contribution is 0.189. The van der Waals surface area contributed by atoms with Gasteiger partial charge in [-0.05, 0) is 42.8 Å². The standard InChI is InChI=1S/C25H21FN6O2/c1-15(29-25(33)34)22(16-6-3-2-4-7-16)31-24-20(26)13-18(14-27)23(32-24)30-19-9-10-21-17(12-19)8-5-11-28-21/h2-13,15,22,29H,1H3,(H,33,34)(H2,30,31,32)/t15-,22-/m0/s1. The molecule has 0 aliphatic carbocycles. The van der Waals surface area contributed by atoms with Crippen LogP contribution in [0, 0.1) is 17.1 Å².